The molecule has 1 aromatic heterocycles. The molecule has 0 saturated carbocycles. The topological polar surface area (TPSA) is 3.24 Å². The second kappa shape index (κ2) is 14.4. The molecule has 0 atom stereocenters. The number of thiophene rings is 1. The summed E-state index contributed by atoms with van der Waals surface area (Å²) < 4.78 is 2.64. The van der Waals surface area contributed by atoms with Crippen LogP contribution < -0.4 is 4.90 Å². The largest absolute Gasteiger partial charge is 0.310 e. The van der Waals surface area contributed by atoms with Crippen molar-refractivity contribution < 1.29 is 0 Å². The molecule has 0 aliphatic heterocycles. The van der Waals surface area contributed by atoms with Gasteiger partial charge in [-0.2, -0.15) is 0 Å². The smallest absolute Gasteiger partial charge is 0.0546 e. The van der Waals surface area contributed by atoms with Gasteiger partial charge in [-0.05, 0) is 115 Å². The van der Waals surface area contributed by atoms with Crippen LogP contribution in [-0.4, -0.2) is 0 Å². The molecular formula is C56H37NS. The lowest BCUT2D eigenvalue weighted by Gasteiger charge is -2.29. The third kappa shape index (κ3) is 6.03. The lowest BCUT2D eigenvalue weighted by Crippen LogP contribution is -2.11. The molecule has 0 bridgehead atoms. The summed E-state index contributed by atoms with van der Waals surface area (Å²) >= 11 is 1.86. The van der Waals surface area contributed by atoms with E-state index in [9.17, 15) is 0 Å². The molecule has 0 radical (unpaired) electrons. The van der Waals surface area contributed by atoms with Crippen LogP contribution in [0.3, 0.4) is 0 Å². The zero-order chi connectivity index (χ0) is 38.4. The molecule has 58 heavy (non-hydrogen) atoms. The first-order chi connectivity index (χ1) is 28.7. The Kier molecular flexibility index (Phi) is 8.42. The van der Waals surface area contributed by atoms with Crippen LogP contribution in [0.25, 0.3) is 86.2 Å². The van der Waals surface area contributed by atoms with Crippen LogP contribution in [0, 0.1) is 0 Å². The second-order valence-corrected chi connectivity index (χ2v) is 16.0. The van der Waals surface area contributed by atoms with E-state index in [0.29, 0.717) is 0 Å². The third-order valence-electron chi connectivity index (χ3n) is 11.5. The molecule has 0 unspecified atom stereocenters. The summed E-state index contributed by atoms with van der Waals surface area (Å²) in [5, 5.41) is 7.66. The summed E-state index contributed by atoms with van der Waals surface area (Å²) in [4.78, 5) is 2.43. The van der Waals surface area contributed by atoms with Crippen LogP contribution in [0.15, 0.2) is 224 Å². The van der Waals surface area contributed by atoms with Gasteiger partial charge in [-0.3, -0.25) is 0 Å². The van der Waals surface area contributed by atoms with E-state index in [1.165, 1.54) is 86.2 Å². The van der Waals surface area contributed by atoms with Gasteiger partial charge in [-0.15, -0.1) is 11.3 Å². The molecule has 0 aliphatic carbocycles. The lowest BCUT2D eigenvalue weighted by atomic mass is 9.91. The highest BCUT2D eigenvalue weighted by Gasteiger charge is 2.20. The van der Waals surface area contributed by atoms with Crippen LogP contribution in [0.1, 0.15) is 0 Å². The molecule has 272 valence electrons. The molecule has 10 aromatic carbocycles. The van der Waals surface area contributed by atoms with Crippen molar-refractivity contribution in [2.45, 2.75) is 0 Å². The van der Waals surface area contributed by atoms with Crippen molar-refractivity contribution in [3.63, 3.8) is 0 Å². The van der Waals surface area contributed by atoms with E-state index in [0.717, 1.165) is 17.1 Å². The number of benzene rings is 10. The third-order valence-corrected chi connectivity index (χ3v) is 12.6. The molecule has 0 fully saturated rings. The highest BCUT2D eigenvalue weighted by atomic mass is 32.1. The van der Waals surface area contributed by atoms with E-state index in [4.69, 9.17) is 0 Å². The fourth-order valence-corrected chi connectivity index (χ4v) is 9.69. The van der Waals surface area contributed by atoms with Gasteiger partial charge in [0.1, 0.15) is 0 Å². The normalized spacial score (nSPS) is 11.4. The quantitative estimate of drug-likeness (QED) is 0.146. The SMILES string of the molecule is c1ccc(-c2ccc(N(c3ccc(-c4ccc5sc6ccccc6c5c4)cc3)c3cc(-c4cc5ccccc5c5ccccc45)ccc3-c3ccccc3)cc2)cc1. The van der Waals surface area contributed by atoms with Crippen LogP contribution in [0.5, 0.6) is 0 Å². The Morgan fingerprint density at radius 2 is 0.793 bits per heavy atom. The van der Waals surface area contributed by atoms with Gasteiger partial charge >= 0.3 is 0 Å². The van der Waals surface area contributed by atoms with Gasteiger partial charge in [0.25, 0.3) is 0 Å². The van der Waals surface area contributed by atoms with Crippen molar-refractivity contribution >= 4 is 70.1 Å². The minimum Gasteiger partial charge on any atom is -0.310 e. The zero-order valence-electron chi connectivity index (χ0n) is 31.7. The Balaban J connectivity index is 1.10. The van der Waals surface area contributed by atoms with E-state index < -0.39 is 0 Å². The fourth-order valence-electron chi connectivity index (χ4n) is 8.61. The zero-order valence-corrected chi connectivity index (χ0v) is 32.5. The van der Waals surface area contributed by atoms with Crippen LogP contribution >= 0.6 is 11.3 Å². The van der Waals surface area contributed by atoms with Crippen molar-refractivity contribution in [1.29, 1.82) is 0 Å². The van der Waals surface area contributed by atoms with E-state index >= 15 is 0 Å². The Bertz CT molecular complexity index is 3250. The van der Waals surface area contributed by atoms with Crippen LogP contribution in [0.4, 0.5) is 17.1 Å². The summed E-state index contributed by atoms with van der Waals surface area (Å²) in [6.07, 6.45) is 0. The summed E-state index contributed by atoms with van der Waals surface area (Å²) in [5.74, 6) is 0. The average molecular weight is 756 g/mol. The van der Waals surface area contributed by atoms with E-state index in [1.54, 1.807) is 0 Å². The van der Waals surface area contributed by atoms with Gasteiger partial charge in [0, 0.05) is 37.1 Å². The minimum atomic E-state index is 1.09. The van der Waals surface area contributed by atoms with Crippen molar-refractivity contribution in [3.05, 3.63) is 224 Å². The van der Waals surface area contributed by atoms with Gasteiger partial charge < -0.3 is 4.90 Å². The van der Waals surface area contributed by atoms with Crippen LogP contribution in [0.2, 0.25) is 0 Å². The first-order valence-electron chi connectivity index (χ1n) is 19.8. The number of rotatable bonds is 7. The summed E-state index contributed by atoms with van der Waals surface area (Å²) in [6.45, 7) is 0. The molecule has 11 rings (SSSR count). The minimum absolute atomic E-state index is 1.09. The highest BCUT2D eigenvalue weighted by Crippen LogP contribution is 2.45. The summed E-state index contributed by atoms with van der Waals surface area (Å²) in [5.41, 5.74) is 12.9. The molecular weight excluding hydrogens is 719 g/mol. The molecule has 0 aliphatic rings. The van der Waals surface area contributed by atoms with E-state index in [-0.39, 0.29) is 0 Å². The molecule has 0 spiro atoms. The first-order valence-corrected chi connectivity index (χ1v) is 20.6. The van der Waals surface area contributed by atoms with Gasteiger partial charge in [0.2, 0.25) is 0 Å². The fraction of sp³-hybridized carbons (Fsp3) is 0. The average Bonchev–Trinajstić information content (AvgIpc) is 3.68. The Morgan fingerprint density at radius 1 is 0.276 bits per heavy atom. The molecule has 0 saturated heterocycles. The molecule has 1 heterocycles. The number of fused-ring (bicyclic) bond motifs is 6. The standard InChI is InChI=1S/C56H37NS/c1-3-13-38(14-4-1)39-23-29-45(30-24-39)57(46-31-25-40(26-32-46)42-28-34-56-53(35-42)51-21-11-12-22-55(51)58-56)54-37-44(27-33-48(54)41-15-5-2-6-16-41)52-36-43-17-7-8-18-47(43)49-19-9-10-20-50(49)52/h1-37H. The Hall–Kier alpha value is -7.26. The molecule has 1 nitrogen and oxygen atoms in total. The van der Waals surface area contributed by atoms with Crippen molar-refractivity contribution in [3.8, 4) is 44.5 Å². The number of hydrogen-bond donors (Lipinski definition) is 0. The maximum Gasteiger partial charge on any atom is 0.0546 e. The van der Waals surface area contributed by atoms with Crippen LogP contribution in [-0.2, 0) is 0 Å². The van der Waals surface area contributed by atoms with Crippen molar-refractivity contribution in [2.75, 3.05) is 4.90 Å². The summed E-state index contributed by atoms with van der Waals surface area (Å²) in [7, 11) is 0. The maximum atomic E-state index is 2.43. The summed E-state index contributed by atoms with van der Waals surface area (Å²) in [6, 6.07) is 82.1. The Labute approximate surface area is 342 Å². The molecule has 11 aromatic rings. The van der Waals surface area contributed by atoms with Gasteiger partial charge in [-0.1, -0.05) is 170 Å². The predicted octanol–water partition coefficient (Wildman–Crippen LogP) is 16.5. The van der Waals surface area contributed by atoms with Gasteiger partial charge in [0.05, 0.1) is 5.69 Å². The second-order valence-electron chi connectivity index (χ2n) is 14.9. The van der Waals surface area contributed by atoms with Crippen molar-refractivity contribution in [2.24, 2.45) is 0 Å². The first kappa shape index (κ1) is 34.0. The Morgan fingerprint density at radius 3 is 1.52 bits per heavy atom. The van der Waals surface area contributed by atoms with Crippen molar-refractivity contribution in [1.82, 2.24) is 0 Å². The molecule has 0 amide bonds. The number of hydrogen-bond acceptors (Lipinski definition) is 2. The monoisotopic (exact) mass is 755 g/mol. The van der Waals surface area contributed by atoms with E-state index in [2.05, 4.69) is 229 Å². The molecule has 2 heteroatoms. The highest BCUT2D eigenvalue weighted by molar-refractivity contribution is 7.25. The number of anilines is 3. The predicted molar refractivity (Wildman–Crippen MR) is 251 cm³/mol. The number of nitrogens with zero attached hydrogens (tertiary/aromatic N) is 1. The maximum absolute atomic E-state index is 2.43. The van der Waals surface area contributed by atoms with Gasteiger partial charge in [0.15, 0.2) is 0 Å². The van der Waals surface area contributed by atoms with E-state index in [1.807, 2.05) is 11.3 Å². The van der Waals surface area contributed by atoms with Gasteiger partial charge in [-0.25, -0.2) is 0 Å². The molecule has 0 N–H and O–H groups in total. The lowest BCUT2D eigenvalue weighted by molar-refractivity contribution is 1.28.